The van der Waals surface area contributed by atoms with Crippen molar-refractivity contribution in [1.29, 1.82) is 0 Å². The number of carbonyl (C=O) groups excluding carboxylic acids is 1. The zero-order valence-electron chi connectivity index (χ0n) is 18.2. The van der Waals surface area contributed by atoms with Gasteiger partial charge >= 0.3 is 5.97 Å². The van der Waals surface area contributed by atoms with Crippen LogP contribution >= 0.6 is 11.6 Å². The van der Waals surface area contributed by atoms with Crippen LogP contribution in [-0.4, -0.2) is 38.1 Å². The van der Waals surface area contributed by atoms with Crippen molar-refractivity contribution in [3.63, 3.8) is 0 Å². The normalized spacial score (nSPS) is 17.3. The topological polar surface area (TPSA) is 45.7 Å². The van der Waals surface area contributed by atoms with E-state index in [-0.39, 0.29) is 5.97 Å². The predicted molar refractivity (Wildman–Crippen MR) is 125 cm³/mol. The van der Waals surface area contributed by atoms with Crippen LogP contribution in [0.15, 0.2) is 60.9 Å². The maximum atomic E-state index is 12.9. The number of carbonyl (C=O) groups is 1. The number of nitrogens with zero attached hydrogens (tertiary/aromatic N) is 3. The second-order valence-corrected chi connectivity index (χ2v) is 8.18. The maximum Gasteiger partial charge on any atom is 0.340 e. The summed E-state index contributed by atoms with van der Waals surface area (Å²) in [6.45, 7) is 5.98. The summed E-state index contributed by atoms with van der Waals surface area (Å²) in [7, 11) is 3.98. The molecule has 31 heavy (non-hydrogen) atoms. The van der Waals surface area contributed by atoms with Crippen LogP contribution in [0.1, 0.15) is 40.9 Å². The number of ether oxygens (including phenoxy) is 1. The molecule has 0 saturated carbocycles. The van der Waals surface area contributed by atoms with Gasteiger partial charge in [-0.25, -0.2) is 4.79 Å². The van der Waals surface area contributed by atoms with Crippen molar-refractivity contribution < 1.29 is 9.53 Å². The van der Waals surface area contributed by atoms with Gasteiger partial charge in [-0.2, -0.15) is 0 Å². The van der Waals surface area contributed by atoms with Gasteiger partial charge in [-0.3, -0.25) is 4.98 Å². The molecule has 1 aliphatic heterocycles. The first-order chi connectivity index (χ1) is 14.9. The van der Waals surface area contributed by atoms with Crippen molar-refractivity contribution in [2.75, 3.05) is 37.0 Å². The van der Waals surface area contributed by atoms with Gasteiger partial charge in [-0.1, -0.05) is 29.8 Å². The highest BCUT2D eigenvalue weighted by molar-refractivity contribution is 6.32. The van der Waals surface area contributed by atoms with Gasteiger partial charge in [-0.15, -0.1) is 0 Å². The van der Waals surface area contributed by atoms with Crippen LogP contribution < -0.4 is 9.80 Å². The third kappa shape index (κ3) is 3.43. The largest absolute Gasteiger partial charge is 0.440 e. The second kappa shape index (κ2) is 8.23. The molecule has 5 nitrogen and oxygen atoms in total. The summed E-state index contributed by atoms with van der Waals surface area (Å²) >= 11 is 6.86. The SMILES string of the molecule is CCN(CC)c1ccc(C2(c3ccc(N(C)C)cc3)OC(=O)c3ccncc32)c(Cl)c1. The van der Waals surface area contributed by atoms with Gasteiger partial charge in [0, 0.05) is 67.6 Å². The highest BCUT2D eigenvalue weighted by Crippen LogP contribution is 2.49. The average Bonchev–Trinajstić information content (AvgIpc) is 3.08. The van der Waals surface area contributed by atoms with E-state index in [4.69, 9.17) is 16.3 Å². The molecule has 0 aliphatic carbocycles. The Morgan fingerprint density at radius 3 is 2.26 bits per heavy atom. The van der Waals surface area contributed by atoms with Gasteiger partial charge in [-0.05, 0) is 44.2 Å². The lowest BCUT2D eigenvalue weighted by Gasteiger charge is -2.32. The molecule has 4 rings (SSSR count). The van der Waals surface area contributed by atoms with E-state index in [2.05, 4.69) is 23.7 Å². The van der Waals surface area contributed by atoms with Crippen LogP contribution in [0.3, 0.4) is 0 Å². The fourth-order valence-corrected chi connectivity index (χ4v) is 4.55. The minimum Gasteiger partial charge on any atom is -0.440 e. The molecule has 1 aromatic heterocycles. The van der Waals surface area contributed by atoms with Crippen LogP contribution in [0.25, 0.3) is 0 Å². The van der Waals surface area contributed by atoms with Gasteiger partial charge in [0.05, 0.1) is 10.6 Å². The van der Waals surface area contributed by atoms with Crippen molar-refractivity contribution >= 4 is 28.9 Å². The molecule has 2 heterocycles. The number of pyridine rings is 1. The van der Waals surface area contributed by atoms with E-state index < -0.39 is 5.60 Å². The Morgan fingerprint density at radius 1 is 0.968 bits per heavy atom. The lowest BCUT2D eigenvalue weighted by molar-refractivity contribution is 0.0251. The third-order valence-corrected chi connectivity index (χ3v) is 6.23. The molecule has 3 aromatic rings. The Hall–Kier alpha value is -3.05. The quantitative estimate of drug-likeness (QED) is 0.503. The van der Waals surface area contributed by atoms with E-state index >= 15 is 0 Å². The Kier molecular flexibility index (Phi) is 5.63. The zero-order valence-corrected chi connectivity index (χ0v) is 19.0. The van der Waals surface area contributed by atoms with Crippen LogP contribution in [0.5, 0.6) is 0 Å². The number of fused-ring (bicyclic) bond motifs is 1. The molecule has 160 valence electrons. The first-order valence-electron chi connectivity index (χ1n) is 10.4. The van der Waals surface area contributed by atoms with Crippen molar-refractivity contribution in [2.24, 2.45) is 0 Å². The number of benzene rings is 2. The van der Waals surface area contributed by atoms with Crippen molar-refractivity contribution in [3.8, 4) is 0 Å². The Morgan fingerprint density at radius 2 is 1.65 bits per heavy atom. The first-order valence-corrected chi connectivity index (χ1v) is 10.8. The Bertz CT molecular complexity index is 1110. The number of anilines is 2. The van der Waals surface area contributed by atoms with Crippen LogP contribution in [0, 0.1) is 0 Å². The minimum absolute atomic E-state index is 0.377. The lowest BCUT2D eigenvalue weighted by atomic mass is 9.80. The number of hydrogen-bond donors (Lipinski definition) is 0. The van der Waals surface area contributed by atoms with Gasteiger partial charge in [0.1, 0.15) is 0 Å². The highest BCUT2D eigenvalue weighted by Gasteiger charge is 2.50. The monoisotopic (exact) mass is 435 g/mol. The van der Waals surface area contributed by atoms with E-state index in [1.165, 1.54) is 0 Å². The standard InChI is InChI=1S/C25H26ClN3O2/c1-5-29(6-2)19-11-12-21(23(26)15-19)25(17-7-9-18(10-8-17)28(3)4)22-16-27-14-13-20(22)24(30)31-25/h7-16H,5-6H2,1-4H3. The third-order valence-electron chi connectivity index (χ3n) is 5.92. The van der Waals surface area contributed by atoms with E-state index in [0.29, 0.717) is 16.1 Å². The van der Waals surface area contributed by atoms with Gasteiger partial charge < -0.3 is 14.5 Å². The summed E-state index contributed by atoms with van der Waals surface area (Å²) < 4.78 is 6.14. The molecule has 0 saturated heterocycles. The summed E-state index contributed by atoms with van der Waals surface area (Å²) in [4.78, 5) is 21.4. The highest BCUT2D eigenvalue weighted by atomic mass is 35.5. The number of cyclic esters (lactones) is 1. The van der Waals surface area contributed by atoms with Gasteiger partial charge in [0.25, 0.3) is 0 Å². The molecule has 1 aliphatic rings. The number of esters is 1. The summed E-state index contributed by atoms with van der Waals surface area (Å²) in [5, 5.41) is 0.547. The summed E-state index contributed by atoms with van der Waals surface area (Å²) in [5.74, 6) is -0.377. The smallest absolute Gasteiger partial charge is 0.340 e. The fraction of sp³-hybridized carbons (Fsp3) is 0.280. The molecular weight excluding hydrogens is 410 g/mol. The fourth-order valence-electron chi connectivity index (χ4n) is 4.24. The Balaban J connectivity index is 1.94. The molecule has 0 bridgehead atoms. The zero-order chi connectivity index (χ0) is 22.2. The molecule has 0 N–H and O–H groups in total. The average molecular weight is 436 g/mol. The van der Waals surface area contributed by atoms with E-state index in [0.717, 1.165) is 35.6 Å². The van der Waals surface area contributed by atoms with Crippen molar-refractivity contribution in [2.45, 2.75) is 19.4 Å². The summed E-state index contributed by atoms with van der Waals surface area (Å²) in [6, 6.07) is 15.6. The number of hydrogen-bond acceptors (Lipinski definition) is 5. The maximum absolute atomic E-state index is 12.9. The molecular formula is C25H26ClN3O2. The van der Waals surface area contributed by atoms with Crippen LogP contribution in [0.2, 0.25) is 5.02 Å². The molecule has 0 fully saturated rings. The predicted octanol–water partition coefficient (Wildman–Crippen LogP) is 5.11. The van der Waals surface area contributed by atoms with Crippen LogP contribution in [-0.2, 0) is 10.3 Å². The molecule has 0 spiro atoms. The number of halogens is 1. The number of rotatable bonds is 6. The first kappa shape index (κ1) is 21.2. The molecule has 1 unspecified atom stereocenters. The van der Waals surface area contributed by atoms with Gasteiger partial charge in [0.15, 0.2) is 5.60 Å². The molecule has 6 heteroatoms. The number of aromatic nitrogens is 1. The minimum atomic E-state index is -1.15. The lowest BCUT2D eigenvalue weighted by Crippen LogP contribution is -2.30. The van der Waals surface area contributed by atoms with Gasteiger partial charge in [0.2, 0.25) is 0 Å². The van der Waals surface area contributed by atoms with E-state index in [9.17, 15) is 4.79 Å². The van der Waals surface area contributed by atoms with E-state index in [1.54, 1.807) is 18.5 Å². The molecule has 1 atom stereocenters. The molecule has 2 aromatic carbocycles. The summed E-state index contributed by atoms with van der Waals surface area (Å²) in [5.41, 5.74) is 3.71. The second-order valence-electron chi connectivity index (χ2n) is 7.77. The van der Waals surface area contributed by atoms with Crippen molar-refractivity contribution in [1.82, 2.24) is 4.98 Å². The molecule has 0 amide bonds. The van der Waals surface area contributed by atoms with Crippen molar-refractivity contribution in [3.05, 3.63) is 88.2 Å². The summed E-state index contributed by atoms with van der Waals surface area (Å²) in [6.07, 6.45) is 3.31. The Labute approximate surface area is 188 Å². The van der Waals surface area contributed by atoms with Crippen LogP contribution in [0.4, 0.5) is 11.4 Å². The molecule has 0 radical (unpaired) electrons. The van der Waals surface area contributed by atoms with E-state index in [1.807, 2.05) is 61.5 Å².